The summed E-state index contributed by atoms with van der Waals surface area (Å²) in [6.45, 7) is 4.82. The molecule has 0 bridgehead atoms. The molecular formula is C16H22N4O2S. The molecular weight excluding hydrogens is 312 g/mol. The van der Waals surface area contributed by atoms with Gasteiger partial charge in [-0.3, -0.25) is 4.90 Å². The van der Waals surface area contributed by atoms with E-state index in [-0.39, 0.29) is 6.61 Å². The highest BCUT2D eigenvalue weighted by molar-refractivity contribution is 7.19. The molecule has 0 spiro atoms. The summed E-state index contributed by atoms with van der Waals surface area (Å²) in [4.78, 5) is 14.5. The summed E-state index contributed by atoms with van der Waals surface area (Å²) >= 11 is 1.81. The smallest absolute Gasteiger partial charge is 0.146 e. The van der Waals surface area contributed by atoms with Crippen LogP contribution in [0, 0.1) is 0 Å². The van der Waals surface area contributed by atoms with Crippen LogP contribution in [0.15, 0.2) is 0 Å². The molecule has 0 atom stereocenters. The molecule has 23 heavy (non-hydrogen) atoms. The lowest BCUT2D eigenvalue weighted by atomic mass is 10.2. The van der Waals surface area contributed by atoms with Gasteiger partial charge in [-0.25, -0.2) is 9.97 Å². The van der Waals surface area contributed by atoms with E-state index in [1.807, 2.05) is 11.3 Å². The van der Waals surface area contributed by atoms with Crippen LogP contribution < -0.4 is 5.32 Å². The van der Waals surface area contributed by atoms with Crippen molar-refractivity contribution >= 4 is 27.4 Å². The number of ether oxygens (including phenoxy) is 1. The van der Waals surface area contributed by atoms with E-state index in [1.54, 1.807) is 0 Å². The molecule has 0 unspecified atom stereocenters. The Hall–Kier alpha value is -1.28. The van der Waals surface area contributed by atoms with Gasteiger partial charge in [0.2, 0.25) is 0 Å². The van der Waals surface area contributed by atoms with Crippen molar-refractivity contribution in [1.29, 1.82) is 0 Å². The van der Waals surface area contributed by atoms with Gasteiger partial charge in [-0.1, -0.05) is 0 Å². The van der Waals surface area contributed by atoms with Crippen molar-refractivity contribution in [3.05, 3.63) is 16.3 Å². The predicted octanol–water partition coefficient (Wildman–Crippen LogP) is 1.42. The number of nitrogens with zero attached hydrogens (tertiary/aromatic N) is 3. The molecule has 1 aliphatic heterocycles. The van der Waals surface area contributed by atoms with Crippen molar-refractivity contribution in [3.8, 4) is 0 Å². The molecule has 2 aromatic heterocycles. The molecule has 2 N–H and O–H groups in total. The number of anilines is 1. The zero-order chi connectivity index (χ0) is 15.6. The Labute approximate surface area is 139 Å². The van der Waals surface area contributed by atoms with Crippen molar-refractivity contribution in [2.24, 2.45) is 0 Å². The Balaban J connectivity index is 1.68. The quantitative estimate of drug-likeness (QED) is 0.862. The van der Waals surface area contributed by atoms with Gasteiger partial charge < -0.3 is 15.2 Å². The first-order chi connectivity index (χ1) is 11.3. The first kappa shape index (κ1) is 15.3. The normalized spacial score (nSPS) is 18.5. The van der Waals surface area contributed by atoms with Gasteiger partial charge in [-0.05, 0) is 24.8 Å². The molecule has 2 aromatic rings. The summed E-state index contributed by atoms with van der Waals surface area (Å²) in [6.07, 6.45) is 3.51. The fraction of sp³-hybridized carbons (Fsp3) is 0.625. The molecule has 1 saturated heterocycles. The Morgan fingerprint density at radius 3 is 2.91 bits per heavy atom. The van der Waals surface area contributed by atoms with Crippen LogP contribution in [0.4, 0.5) is 5.82 Å². The van der Waals surface area contributed by atoms with Gasteiger partial charge in [0.1, 0.15) is 16.5 Å². The Morgan fingerprint density at radius 1 is 1.22 bits per heavy atom. The maximum absolute atomic E-state index is 9.15. The molecule has 1 fully saturated rings. The van der Waals surface area contributed by atoms with Crippen LogP contribution in [0.3, 0.4) is 0 Å². The van der Waals surface area contributed by atoms with Crippen LogP contribution >= 0.6 is 11.3 Å². The number of nitrogens with one attached hydrogen (secondary N) is 1. The number of morpholine rings is 1. The second-order valence-corrected chi connectivity index (χ2v) is 7.15. The largest absolute Gasteiger partial charge is 0.395 e. The Morgan fingerprint density at radius 2 is 2.09 bits per heavy atom. The van der Waals surface area contributed by atoms with E-state index in [0.29, 0.717) is 6.54 Å². The average molecular weight is 334 g/mol. The first-order valence-electron chi connectivity index (χ1n) is 8.31. The van der Waals surface area contributed by atoms with E-state index in [9.17, 15) is 0 Å². The van der Waals surface area contributed by atoms with Gasteiger partial charge in [0, 0.05) is 24.5 Å². The zero-order valence-electron chi connectivity index (χ0n) is 13.2. The van der Waals surface area contributed by atoms with E-state index in [2.05, 4.69) is 10.2 Å². The monoisotopic (exact) mass is 334 g/mol. The van der Waals surface area contributed by atoms with Gasteiger partial charge in [0.25, 0.3) is 0 Å². The fourth-order valence-electron chi connectivity index (χ4n) is 3.37. The highest BCUT2D eigenvalue weighted by Gasteiger charge is 2.23. The van der Waals surface area contributed by atoms with E-state index >= 15 is 0 Å². The Bertz CT molecular complexity index is 697. The molecule has 0 amide bonds. The minimum absolute atomic E-state index is 0.108. The first-order valence-corrected chi connectivity index (χ1v) is 9.13. The van der Waals surface area contributed by atoms with Gasteiger partial charge in [0.05, 0.1) is 31.8 Å². The highest BCUT2D eigenvalue weighted by Crippen LogP contribution is 2.39. The number of aliphatic hydroxyl groups excluding tert-OH is 1. The van der Waals surface area contributed by atoms with E-state index in [1.165, 1.54) is 22.2 Å². The maximum Gasteiger partial charge on any atom is 0.146 e. The van der Waals surface area contributed by atoms with Crippen LogP contribution in [-0.2, 0) is 24.1 Å². The molecule has 7 heteroatoms. The van der Waals surface area contributed by atoms with Gasteiger partial charge >= 0.3 is 0 Å². The lowest BCUT2D eigenvalue weighted by Crippen LogP contribution is -2.36. The summed E-state index contributed by atoms with van der Waals surface area (Å²) in [5, 5.41) is 13.6. The van der Waals surface area contributed by atoms with E-state index in [0.717, 1.165) is 62.2 Å². The SMILES string of the molecule is OCCNc1nc(CN2CCOCC2)nc2sc3c(c12)CCC3. The van der Waals surface area contributed by atoms with Crippen LogP contribution in [0.25, 0.3) is 10.2 Å². The highest BCUT2D eigenvalue weighted by atomic mass is 32.1. The molecule has 1 aliphatic carbocycles. The Kier molecular flexibility index (Phi) is 4.43. The summed E-state index contributed by atoms with van der Waals surface area (Å²) < 4.78 is 5.41. The topological polar surface area (TPSA) is 70.5 Å². The van der Waals surface area contributed by atoms with Crippen molar-refractivity contribution < 1.29 is 9.84 Å². The molecule has 2 aliphatic rings. The molecule has 4 rings (SSSR count). The lowest BCUT2D eigenvalue weighted by Gasteiger charge is -2.25. The summed E-state index contributed by atoms with van der Waals surface area (Å²) in [5.74, 6) is 1.76. The van der Waals surface area contributed by atoms with E-state index in [4.69, 9.17) is 19.8 Å². The standard InChI is InChI=1S/C16H22N4O2S/c21-7-4-17-15-14-11-2-1-3-12(11)23-16(14)19-13(18-15)10-20-5-8-22-9-6-20/h21H,1-10H2,(H,17,18,19). The van der Waals surface area contributed by atoms with Crippen LogP contribution in [0.2, 0.25) is 0 Å². The fourth-order valence-corrected chi connectivity index (χ4v) is 4.65. The number of hydrogen-bond donors (Lipinski definition) is 2. The molecule has 0 saturated carbocycles. The van der Waals surface area contributed by atoms with Gasteiger partial charge in [-0.15, -0.1) is 11.3 Å². The lowest BCUT2D eigenvalue weighted by molar-refractivity contribution is 0.0331. The molecule has 3 heterocycles. The third-order valence-electron chi connectivity index (χ3n) is 4.48. The van der Waals surface area contributed by atoms with Gasteiger partial charge in [-0.2, -0.15) is 0 Å². The number of thiophene rings is 1. The summed E-state index contributed by atoms with van der Waals surface area (Å²) in [6, 6.07) is 0. The van der Waals surface area contributed by atoms with Crippen molar-refractivity contribution in [3.63, 3.8) is 0 Å². The number of hydrogen-bond acceptors (Lipinski definition) is 7. The van der Waals surface area contributed by atoms with Crippen LogP contribution in [0.5, 0.6) is 0 Å². The second kappa shape index (κ2) is 6.68. The molecule has 0 aromatic carbocycles. The van der Waals surface area contributed by atoms with Crippen molar-refractivity contribution in [2.45, 2.75) is 25.8 Å². The molecule has 124 valence electrons. The molecule has 0 radical (unpaired) electrons. The number of aromatic nitrogens is 2. The summed E-state index contributed by atoms with van der Waals surface area (Å²) in [7, 11) is 0. The van der Waals surface area contributed by atoms with Crippen LogP contribution in [-0.4, -0.2) is 59.4 Å². The predicted molar refractivity (Wildman–Crippen MR) is 91.1 cm³/mol. The number of aliphatic hydroxyl groups is 1. The van der Waals surface area contributed by atoms with Crippen molar-refractivity contribution in [2.75, 3.05) is 44.8 Å². The molecule has 6 nitrogen and oxygen atoms in total. The minimum atomic E-state index is 0.108. The van der Waals surface area contributed by atoms with Gasteiger partial charge in [0.15, 0.2) is 0 Å². The summed E-state index contributed by atoms with van der Waals surface area (Å²) in [5.41, 5.74) is 1.42. The minimum Gasteiger partial charge on any atom is -0.395 e. The third-order valence-corrected chi connectivity index (χ3v) is 5.67. The number of rotatable bonds is 5. The average Bonchev–Trinajstić information content (AvgIpc) is 3.14. The second-order valence-electron chi connectivity index (χ2n) is 6.06. The van der Waals surface area contributed by atoms with Crippen molar-refractivity contribution in [1.82, 2.24) is 14.9 Å². The van der Waals surface area contributed by atoms with E-state index < -0.39 is 0 Å². The van der Waals surface area contributed by atoms with Crippen LogP contribution in [0.1, 0.15) is 22.7 Å². The number of aryl methyl sites for hydroxylation is 2. The number of fused-ring (bicyclic) bond motifs is 3. The maximum atomic E-state index is 9.15. The third kappa shape index (κ3) is 3.06. The zero-order valence-corrected chi connectivity index (χ0v) is 14.0.